The van der Waals surface area contributed by atoms with Crippen molar-refractivity contribution in [2.75, 3.05) is 43.1 Å². The van der Waals surface area contributed by atoms with Gasteiger partial charge in [0.05, 0.1) is 28.1 Å². The van der Waals surface area contributed by atoms with Crippen molar-refractivity contribution >= 4 is 43.2 Å². The second-order valence-electron chi connectivity index (χ2n) is 8.98. The first kappa shape index (κ1) is 24.2. The van der Waals surface area contributed by atoms with Gasteiger partial charge < -0.3 is 30.1 Å². The Morgan fingerprint density at radius 3 is 2.75 bits per heavy atom. The number of nitrogen functional groups attached to an aromatic ring is 1. The number of anilines is 4. The first-order valence-corrected chi connectivity index (χ1v) is 12.4. The van der Waals surface area contributed by atoms with Gasteiger partial charge in [-0.05, 0) is 51.2 Å². The van der Waals surface area contributed by atoms with E-state index >= 15 is 0 Å². The zero-order valence-electron chi connectivity index (χ0n) is 20.2. The van der Waals surface area contributed by atoms with Crippen molar-refractivity contribution in [3.63, 3.8) is 0 Å². The van der Waals surface area contributed by atoms with Gasteiger partial charge in [0.1, 0.15) is 11.4 Å². The molecule has 3 N–H and O–H groups in total. The molecule has 3 heterocycles. The van der Waals surface area contributed by atoms with E-state index in [1.54, 1.807) is 24.4 Å². The molecule has 0 spiro atoms. The first-order valence-electron chi connectivity index (χ1n) is 11.7. The molecule has 1 fully saturated rings. The van der Waals surface area contributed by atoms with Crippen LogP contribution in [0, 0.1) is 0 Å². The number of fused-ring (bicyclic) bond motifs is 1. The molecule has 1 aliphatic heterocycles. The Bertz CT molecular complexity index is 1360. The fourth-order valence-corrected chi connectivity index (χ4v) is 4.69. The predicted molar refractivity (Wildman–Crippen MR) is 143 cm³/mol. The van der Waals surface area contributed by atoms with Gasteiger partial charge in [-0.1, -0.05) is 26.5 Å². The monoisotopic (exact) mass is 509 g/mol. The molecule has 2 aromatic heterocycles. The van der Waals surface area contributed by atoms with Crippen LogP contribution >= 0.6 is 9.24 Å². The summed E-state index contributed by atoms with van der Waals surface area (Å²) in [4.78, 5) is 13.4. The average Bonchev–Trinajstić information content (AvgIpc) is 3.30. The third kappa shape index (κ3) is 5.05. The number of para-hydroxylation sites is 1. The molecule has 188 valence electrons. The van der Waals surface area contributed by atoms with Crippen molar-refractivity contribution < 1.29 is 13.7 Å². The molecule has 0 bridgehead atoms. The quantitative estimate of drug-likeness (QED) is 0.272. The zero-order valence-corrected chi connectivity index (χ0v) is 21.3. The number of hydrogen-bond acceptors (Lipinski definition) is 9. The number of benzene rings is 2. The van der Waals surface area contributed by atoms with Gasteiger partial charge >= 0.3 is 0 Å². The van der Waals surface area contributed by atoms with Crippen molar-refractivity contribution in [1.82, 2.24) is 20.0 Å². The van der Waals surface area contributed by atoms with E-state index in [9.17, 15) is 4.39 Å². The molecule has 2 atom stereocenters. The first-order chi connectivity index (χ1) is 17.4. The molecule has 0 amide bonds. The molecule has 11 heteroatoms. The highest BCUT2D eigenvalue weighted by atomic mass is 31.0. The van der Waals surface area contributed by atoms with Gasteiger partial charge in [-0.15, -0.1) is 0 Å². The molecule has 9 nitrogen and oxygen atoms in total. The van der Waals surface area contributed by atoms with Gasteiger partial charge in [0.2, 0.25) is 12.0 Å². The van der Waals surface area contributed by atoms with Crippen molar-refractivity contribution in [2.45, 2.75) is 25.0 Å². The van der Waals surface area contributed by atoms with Gasteiger partial charge in [-0.3, -0.25) is 0 Å². The molecule has 1 saturated heterocycles. The van der Waals surface area contributed by atoms with Gasteiger partial charge in [0.25, 0.3) is 0 Å². The number of alkyl halides is 1. The van der Waals surface area contributed by atoms with Crippen LogP contribution < -0.4 is 20.7 Å². The highest BCUT2D eigenvalue weighted by molar-refractivity contribution is 7.16. The van der Waals surface area contributed by atoms with Crippen LogP contribution in [0.1, 0.15) is 12.8 Å². The Hall–Kier alpha value is -3.49. The summed E-state index contributed by atoms with van der Waals surface area (Å²) in [6, 6.07) is 13.4. The predicted octanol–water partition coefficient (Wildman–Crippen LogP) is 4.65. The zero-order chi connectivity index (χ0) is 25.2. The maximum atomic E-state index is 13.9. The number of nitrogens with one attached hydrogen (secondary N) is 1. The van der Waals surface area contributed by atoms with Crippen LogP contribution in [0.15, 0.2) is 53.2 Å². The molecule has 0 aliphatic carbocycles. The maximum Gasteiger partial charge on any atom is 0.249 e. The topological polar surface area (TPSA) is 106 Å². The minimum atomic E-state index is -1.59. The lowest BCUT2D eigenvalue weighted by Crippen LogP contribution is -2.42. The van der Waals surface area contributed by atoms with Crippen molar-refractivity contribution in [3.8, 4) is 17.1 Å². The van der Waals surface area contributed by atoms with Crippen molar-refractivity contribution in [1.29, 1.82) is 0 Å². The second-order valence-corrected chi connectivity index (χ2v) is 9.50. The summed E-state index contributed by atoms with van der Waals surface area (Å²) in [5.41, 5.74) is 10.2. The fraction of sp³-hybridized carbons (Fsp3) is 0.320. The highest BCUT2D eigenvalue weighted by Crippen LogP contribution is 2.39. The number of aromatic nitrogens is 3. The average molecular weight is 510 g/mol. The Morgan fingerprint density at radius 1 is 1.22 bits per heavy atom. The fourth-order valence-electron chi connectivity index (χ4n) is 4.54. The number of nitrogens with zero attached hydrogens (tertiary/aromatic N) is 5. The van der Waals surface area contributed by atoms with E-state index in [4.69, 9.17) is 15.0 Å². The summed E-state index contributed by atoms with van der Waals surface area (Å²) in [6.07, 6.45) is 2.08. The number of rotatable bonds is 7. The third-order valence-corrected chi connectivity index (χ3v) is 6.56. The molecule has 5 rings (SSSR count). The summed E-state index contributed by atoms with van der Waals surface area (Å²) in [7, 11) is 6.21. The van der Waals surface area contributed by atoms with Crippen LogP contribution in [-0.4, -0.2) is 59.4 Å². The van der Waals surface area contributed by atoms with E-state index in [-0.39, 0.29) is 0 Å². The van der Waals surface area contributed by atoms with E-state index in [0.717, 1.165) is 37.0 Å². The van der Waals surface area contributed by atoms with Crippen LogP contribution in [0.4, 0.5) is 27.4 Å². The summed E-state index contributed by atoms with van der Waals surface area (Å²) in [5.74, 6) is 0.611. The smallest absolute Gasteiger partial charge is 0.249 e. The Balaban J connectivity index is 1.43. The van der Waals surface area contributed by atoms with Gasteiger partial charge in [0.15, 0.2) is 5.58 Å². The van der Waals surface area contributed by atoms with Gasteiger partial charge in [0, 0.05) is 31.4 Å². The molecule has 2 unspecified atom stereocenters. The lowest BCUT2D eigenvalue weighted by Gasteiger charge is -2.37. The normalized spacial score (nSPS) is 15.4. The summed E-state index contributed by atoms with van der Waals surface area (Å²) < 4.78 is 24.8. The molecule has 4 aromatic rings. The SMILES string of the molecule is CN(C)C1CCN(c2cc(OC(F)P)c(Nc3nccc(-c4noc5ccccc45)n3)cc2N)CC1. The molecule has 36 heavy (non-hydrogen) atoms. The Labute approximate surface area is 211 Å². The number of nitrogens with two attached hydrogens (primary N) is 1. The Kier molecular flexibility index (Phi) is 6.89. The lowest BCUT2D eigenvalue weighted by atomic mass is 10.0. The van der Waals surface area contributed by atoms with Gasteiger partial charge in [-0.25, -0.2) is 9.97 Å². The van der Waals surface area contributed by atoms with E-state index < -0.39 is 6.10 Å². The largest absolute Gasteiger partial charge is 0.455 e. The van der Waals surface area contributed by atoms with Crippen LogP contribution in [0.3, 0.4) is 0 Å². The third-order valence-electron chi connectivity index (χ3n) is 6.43. The number of hydrogen-bond donors (Lipinski definition) is 2. The minimum absolute atomic E-state index is 0.294. The Morgan fingerprint density at radius 2 is 2.00 bits per heavy atom. The van der Waals surface area contributed by atoms with Crippen LogP contribution in [0.5, 0.6) is 5.75 Å². The molecule has 0 saturated carbocycles. The maximum absolute atomic E-state index is 13.9. The van der Waals surface area contributed by atoms with Crippen molar-refractivity contribution in [3.05, 3.63) is 48.7 Å². The van der Waals surface area contributed by atoms with E-state index in [1.807, 2.05) is 33.5 Å². The van der Waals surface area contributed by atoms with E-state index in [1.165, 1.54) is 0 Å². The van der Waals surface area contributed by atoms with Gasteiger partial charge in [-0.2, -0.15) is 4.39 Å². The van der Waals surface area contributed by atoms with E-state index in [0.29, 0.717) is 46.1 Å². The standard InChI is InChI=1S/C25H29FN7O2P/c1-32(2)15-8-11-33(12-9-15)20-14-22(34-24(26)36)19(13-17(20)27)30-25-28-10-7-18(29-25)23-16-5-3-4-6-21(16)35-31-23/h3-7,10,13-15,24H,8-9,11-12,27,36H2,1-2H3,(H,28,29,30). The molecular weight excluding hydrogens is 480 g/mol. The van der Waals surface area contributed by atoms with Crippen LogP contribution in [0.2, 0.25) is 0 Å². The number of ether oxygens (including phenoxy) is 1. The molecule has 2 aromatic carbocycles. The molecule has 0 radical (unpaired) electrons. The lowest BCUT2D eigenvalue weighted by molar-refractivity contribution is 0.154. The van der Waals surface area contributed by atoms with Crippen LogP contribution in [-0.2, 0) is 0 Å². The summed E-state index contributed by atoms with van der Waals surface area (Å²) in [6.45, 7) is 1.71. The summed E-state index contributed by atoms with van der Waals surface area (Å²) >= 11 is 0. The number of piperidine rings is 1. The summed E-state index contributed by atoms with van der Waals surface area (Å²) in [5, 5.41) is 8.15. The highest BCUT2D eigenvalue weighted by Gasteiger charge is 2.24. The second kappa shape index (κ2) is 10.2. The van der Waals surface area contributed by atoms with Crippen molar-refractivity contribution in [2.24, 2.45) is 0 Å². The molecule has 1 aliphatic rings. The van der Waals surface area contributed by atoms with Crippen LogP contribution in [0.25, 0.3) is 22.4 Å². The minimum Gasteiger partial charge on any atom is -0.455 e. The number of halogens is 1. The van der Waals surface area contributed by atoms with E-state index in [2.05, 4.69) is 44.3 Å². The molecular formula is C25H29FN7O2P.